The molecule has 2 heterocycles. The fourth-order valence-corrected chi connectivity index (χ4v) is 2.73. The first-order valence-corrected chi connectivity index (χ1v) is 7.54. The average Bonchev–Trinajstić information content (AvgIpc) is 2.84. The number of aromatic nitrogens is 3. The van der Waals surface area contributed by atoms with Crippen molar-refractivity contribution in [1.29, 1.82) is 0 Å². The van der Waals surface area contributed by atoms with Crippen LogP contribution in [0.5, 0.6) is 0 Å². The van der Waals surface area contributed by atoms with E-state index in [4.69, 9.17) is 11.6 Å². The van der Waals surface area contributed by atoms with Gasteiger partial charge in [-0.15, -0.1) is 11.6 Å². The summed E-state index contributed by atoms with van der Waals surface area (Å²) in [6, 6.07) is 3.50. The smallest absolute Gasteiger partial charge is 0.232 e. The Bertz CT molecular complexity index is 638. The van der Waals surface area contributed by atoms with Crippen molar-refractivity contribution in [3.63, 3.8) is 0 Å². The van der Waals surface area contributed by atoms with Gasteiger partial charge in [0.05, 0.1) is 35.4 Å². The van der Waals surface area contributed by atoms with Crippen LogP contribution in [0.15, 0.2) is 35.9 Å². The van der Waals surface area contributed by atoms with Gasteiger partial charge < -0.3 is 0 Å². The minimum absolute atomic E-state index is 0.00794. The first kappa shape index (κ1) is 13.0. The standard InChI is InChI=1S/C11H12ClN3O2S/c1-2-18(16,17)11-14-8-10(6-12)15(11)9-4-3-5-13-7-9/h3-5,7-8H,2,6H2,1H3. The van der Waals surface area contributed by atoms with Crippen LogP contribution in [-0.2, 0) is 15.7 Å². The van der Waals surface area contributed by atoms with Gasteiger partial charge in [0.2, 0.25) is 15.0 Å². The third kappa shape index (κ3) is 2.26. The first-order valence-electron chi connectivity index (χ1n) is 5.36. The Labute approximate surface area is 110 Å². The van der Waals surface area contributed by atoms with Crippen LogP contribution < -0.4 is 0 Å². The average molecular weight is 286 g/mol. The van der Waals surface area contributed by atoms with Gasteiger partial charge in [0.15, 0.2) is 0 Å². The molecule has 2 rings (SSSR count). The molecule has 0 radical (unpaired) electrons. The van der Waals surface area contributed by atoms with Gasteiger partial charge in [0.25, 0.3) is 0 Å². The first-order chi connectivity index (χ1) is 8.60. The topological polar surface area (TPSA) is 64.8 Å². The summed E-state index contributed by atoms with van der Waals surface area (Å²) in [6.07, 6.45) is 4.67. The number of rotatable bonds is 4. The van der Waals surface area contributed by atoms with E-state index < -0.39 is 9.84 Å². The molecule has 96 valence electrons. The van der Waals surface area contributed by atoms with Crippen molar-refractivity contribution in [1.82, 2.24) is 14.5 Å². The van der Waals surface area contributed by atoms with E-state index in [9.17, 15) is 8.42 Å². The normalized spacial score (nSPS) is 11.7. The molecule has 2 aromatic heterocycles. The van der Waals surface area contributed by atoms with E-state index in [0.717, 1.165) is 0 Å². The minimum atomic E-state index is -3.40. The maximum atomic E-state index is 12.0. The molecule has 2 aromatic rings. The molecule has 0 aliphatic heterocycles. The van der Waals surface area contributed by atoms with Gasteiger partial charge in [0, 0.05) is 6.20 Å². The van der Waals surface area contributed by atoms with E-state index in [0.29, 0.717) is 11.4 Å². The second-order valence-electron chi connectivity index (χ2n) is 3.62. The lowest BCUT2D eigenvalue weighted by Crippen LogP contribution is -2.13. The van der Waals surface area contributed by atoms with Gasteiger partial charge in [0.1, 0.15) is 0 Å². The molecule has 0 amide bonds. The molecular weight excluding hydrogens is 274 g/mol. The molecular formula is C11H12ClN3O2S. The van der Waals surface area contributed by atoms with Gasteiger partial charge in [-0.25, -0.2) is 13.4 Å². The SMILES string of the molecule is CCS(=O)(=O)c1ncc(CCl)n1-c1cccnc1. The summed E-state index contributed by atoms with van der Waals surface area (Å²) in [6.45, 7) is 1.58. The Morgan fingerprint density at radius 1 is 1.39 bits per heavy atom. The van der Waals surface area contributed by atoms with Crippen LogP contribution in [0.4, 0.5) is 0 Å². The number of hydrogen-bond acceptors (Lipinski definition) is 4. The molecule has 0 unspecified atom stereocenters. The number of hydrogen-bond donors (Lipinski definition) is 0. The molecule has 0 aliphatic rings. The molecule has 0 bridgehead atoms. The van der Waals surface area contributed by atoms with Crippen LogP contribution in [0.1, 0.15) is 12.6 Å². The van der Waals surface area contributed by atoms with Crippen molar-refractivity contribution in [2.75, 3.05) is 5.75 Å². The third-order valence-corrected chi connectivity index (χ3v) is 4.38. The van der Waals surface area contributed by atoms with Gasteiger partial charge in [-0.05, 0) is 12.1 Å². The van der Waals surface area contributed by atoms with Gasteiger partial charge in [-0.2, -0.15) is 0 Å². The largest absolute Gasteiger partial charge is 0.285 e. The molecule has 0 atom stereocenters. The zero-order valence-corrected chi connectivity index (χ0v) is 11.3. The van der Waals surface area contributed by atoms with E-state index in [-0.39, 0.29) is 16.8 Å². The Balaban J connectivity index is 2.69. The second kappa shape index (κ2) is 5.07. The predicted molar refractivity (Wildman–Crippen MR) is 68.6 cm³/mol. The minimum Gasteiger partial charge on any atom is -0.285 e. The van der Waals surface area contributed by atoms with Crippen LogP contribution >= 0.6 is 11.6 Å². The summed E-state index contributed by atoms with van der Waals surface area (Å²) < 4.78 is 25.5. The molecule has 7 heteroatoms. The predicted octanol–water partition coefficient (Wildman–Crippen LogP) is 1.80. The summed E-state index contributed by atoms with van der Waals surface area (Å²) in [7, 11) is -3.40. The lowest BCUT2D eigenvalue weighted by molar-refractivity contribution is 0.584. The van der Waals surface area contributed by atoms with Gasteiger partial charge in [-0.1, -0.05) is 6.92 Å². The molecule has 0 aromatic carbocycles. The third-order valence-electron chi connectivity index (χ3n) is 2.50. The molecule has 0 saturated carbocycles. The summed E-state index contributed by atoms with van der Waals surface area (Å²) >= 11 is 5.81. The summed E-state index contributed by atoms with van der Waals surface area (Å²) in [4.78, 5) is 7.95. The fraction of sp³-hybridized carbons (Fsp3) is 0.273. The quantitative estimate of drug-likeness (QED) is 0.804. The van der Waals surface area contributed by atoms with Crippen LogP contribution in [0.3, 0.4) is 0 Å². The fourth-order valence-electron chi connectivity index (χ4n) is 1.57. The second-order valence-corrected chi connectivity index (χ2v) is 6.06. The Hall–Kier alpha value is -1.40. The van der Waals surface area contributed by atoms with Crippen molar-refractivity contribution in [2.45, 2.75) is 18.0 Å². The van der Waals surface area contributed by atoms with Crippen LogP contribution in [0.2, 0.25) is 0 Å². The van der Waals surface area contributed by atoms with Crippen molar-refractivity contribution in [3.8, 4) is 5.69 Å². The molecule has 0 aliphatic carbocycles. The summed E-state index contributed by atoms with van der Waals surface area (Å²) in [5.41, 5.74) is 1.26. The van der Waals surface area contributed by atoms with Crippen LogP contribution in [0, 0.1) is 0 Å². The molecule has 0 fully saturated rings. The highest BCUT2D eigenvalue weighted by molar-refractivity contribution is 7.91. The molecule has 0 saturated heterocycles. The summed E-state index contributed by atoms with van der Waals surface area (Å²) in [5, 5.41) is 0.00801. The molecule has 18 heavy (non-hydrogen) atoms. The lowest BCUT2D eigenvalue weighted by Gasteiger charge is -2.09. The Morgan fingerprint density at radius 3 is 2.72 bits per heavy atom. The highest BCUT2D eigenvalue weighted by atomic mass is 35.5. The number of pyridine rings is 1. The highest BCUT2D eigenvalue weighted by Gasteiger charge is 2.22. The van der Waals surface area contributed by atoms with Gasteiger partial charge in [-0.3, -0.25) is 9.55 Å². The molecule has 0 N–H and O–H groups in total. The highest BCUT2D eigenvalue weighted by Crippen LogP contribution is 2.20. The maximum Gasteiger partial charge on any atom is 0.232 e. The summed E-state index contributed by atoms with van der Waals surface area (Å²) in [5.74, 6) is 0.174. The van der Waals surface area contributed by atoms with E-state index in [1.54, 1.807) is 31.5 Å². The number of sulfone groups is 1. The van der Waals surface area contributed by atoms with E-state index in [1.165, 1.54) is 10.8 Å². The number of nitrogens with zero attached hydrogens (tertiary/aromatic N) is 3. The molecule has 0 spiro atoms. The lowest BCUT2D eigenvalue weighted by atomic mass is 10.4. The number of halogens is 1. The zero-order valence-electron chi connectivity index (χ0n) is 9.75. The van der Waals surface area contributed by atoms with Crippen molar-refractivity contribution < 1.29 is 8.42 Å². The van der Waals surface area contributed by atoms with Crippen molar-refractivity contribution in [2.24, 2.45) is 0 Å². The van der Waals surface area contributed by atoms with E-state index >= 15 is 0 Å². The monoisotopic (exact) mass is 285 g/mol. The zero-order chi connectivity index (χ0) is 13.2. The van der Waals surface area contributed by atoms with Crippen molar-refractivity contribution >= 4 is 21.4 Å². The van der Waals surface area contributed by atoms with Gasteiger partial charge >= 0.3 is 0 Å². The maximum absolute atomic E-state index is 12.0. The Morgan fingerprint density at radius 2 is 2.17 bits per heavy atom. The Kier molecular flexibility index (Phi) is 3.68. The van der Waals surface area contributed by atoms with Crippen molar-refractivity contribution in [3.05, 3.63) is 36.4 Å². The number of imidazole rings is 1. The van der Waals surface area contributed by atoms with Crippen LogP contribution in [-0.4, -0.2) is 28.7 Å². The van der Waals surface area contributed by atoms with E-state index in [2.05, 4.69) is 9.97 Å². The number of alkyl halides is 1. The molecule has 5 nitrogen and oxygen atoms in total. The van der Waals surface area contributed by atoms with Crippen LogP contribution in [0.25, 0.3) is 5.69 Å². The van der Waals surface area contributed by atoms with E-state index in [1.807, 2.05) is 0 Å².